The van der Waals surface area contributed by atoms with Gasteiger partial charge in [-0.1, -0.05) is 73.1 Å². The van der Waals surface area contributed by atoms with Gasteiger partial charge in [0.1, 0.15) is 6.10 Å². The van der Waals surface area contributed by atoms with Crippen LogP contribution in [0.2, 0.25) is 5.02 Å². The lowest BCUT2D eigenvalue weighted by Gasteiger charge is -2.36. The molecule has 38 heavy (non-hydrogen) atoms. The number of halogens is 1. The number of Topliss-reactive ketones (excluding diaryl/α,β-unsaturated/α-hetero) is 1. The second-order valence-electron chi connectivity index (χ2n) is 9.75. The van der Waals surface area contributed by atoms with Crippen LogP contribution in [-0.4, -0.2) is 28.6 Å². The predicted molar refractivity (Wildman–Crippen MR) is 155 cm³/mol. The van der Waals surface area contributed by atoms with Gasteiger partial charge >= 0.3 is 0 Å². The Hall–Kier alpha value is -3.80. The summed E-state index contributed by atoms with van der Waals surface area (Å²) in [7, 11) is 0. The van der Waals surface area contributed by atoms with Crippen LogP contribution in [0.15, 0.2) is 96.4 Å². The number of carbonyl (C=O) groups is 1. The third-order valence-corrected chi connectivity index (χ3v) is 7.36. The van der Waals surface area contributed by atoms with Crippen LogP contribution < -0.4 is 10.2 Å². The molecule has 1 aliphatic rings. The van der Waals surface area contributed by atoms with Crippen molar-refractivity contribution in [2.75, 3.05) is 16.8 Å². The first-order valence-corrected chi connectivity index (χ1v) is 13.3. The molecule has 1 aliphatic heterocycles. The van der Waals surface area contributed by atoms with Gasteiger partial charge in [-0.3, -0.25) is 4.79 Å². The predicted octanol–water partition coefficient (Wildman–Crippen LogP) is 7.13. The lowest BCUT2D eigenvalue weighted by molar-refractivity contribution is -0.117. The molecular weight excluding hydrogens is 496 g/mol. The molecule has 0 aromatic heterocycles. The summed E-state index contributed by atoms with van der Waals surface area (Å²) in [5, 5.41) is 29.0. The van der Waals surface area contributed by atoms with Crippen LogP contribution in [0, 0.1) is 6.92 Å². The first-order chi connectivity index (χ1) is 18.4. The minimum absolute atomic E-state index is 0.00695. The number of hydrogen-bond donors (Lipinski definition) is 3. The lowest BCUT2D eigenvalue weighted by Crippen LogP contribution is -2.40. The van der Waals surface area contributed by atoms with E-state index in [1.807, 2.05) is 86.6 Å². The number of aryl methyl sites for hydroxylation is 1. The normalized spacial score (nSPS) is 15.9. The number of aliphatic hydroxyl groups is 2. The van der Waals surface area contributed by atoms with Crippen molar-refractivity contribution in [3.05, 3.63) is 118 Å². The van der Waals surface area contributed by atoms with E-state index in [1.165, 1.54) is 0 Å². The van der Waals surface area contributed by atoms with Crippen LogP contribution in [0.25, 0.3) is 10.8 Å². The molecule has 0 aliphatic carbocycles. The van der Waals surface area contributed by atoms with Crippen molar-refractivity contribution < 1.29 is 15.0 Å². The summed E-state index contributed by atoms with van der Waals surface area (Å²) in [5.74, 6) is -0.544. The Balaban J connectivity index is 1.56. The van der Waals surface area contributed by atoms with Crippen molar-refractivity contribution in [3.63, 3.8) is 0 Å². The Morgan fingerprint density at radius 3 is 2.47 bits per heavy atom. The first kappa shape index (κ1) is 25.8. The average molecular weight is 527 g/mol. The summed E-state index contributed by atoms with van der Waals surface area (Å²) in [6, 6.07) is 26.3. The molecule has 0 saturated heterocycles. The molecule has 0 amide bonds. The quantitative estimate of drug-likeness (QED) is 0.228. The fourth-order valence-corrected chi connectivity index (χ4v) is 5.34. The number of ketones is 1. The second-order valence-corrected chi connectivity index (χ2v) is 10.2. The molecule has 1 heterocycles. The van der Waals surface area contributed by atoms with E-state index in [9.17, 15) is 15.0 Å². The lowest BCUT2D eigenvalue weighted by atomic mass is 9.86. The van der Waals surface area contributed by atoms with Gasteiger partial charge in [0, 0.05) is 29.2 Å². The third-order valence-electron chi connectivity index (χ3n) is 7.11. The van der Waals surface area contributed by atoms with E-state index < -0.39 is 12.1 Å². The zero-order valence-electron chi connectivity index (χ0n) is 21.5. The molecule has 0 spiro atoms. The molecule has 0 bridgehead atoms. The van der Waals surface area contributed by atoms with Crippen LogP contribution in [0.4, 0.5) is 11.4 Å². The van der Waals surface area contributed by atoms with E-state index in [2.05, 4.69) is 5.32 Å². The fourth-order valence-electron chi connectivity index (χ4n) is 5.21. The Bertz CT molecular complexity index is 1510. The van der Waals surface area contributed by atoms with Crippen molar-refractivity contribution >= 4 is 39.5 Å². The summed E-state index contributed by atoms with van der Waals surface area (Å²) in [4.78, 5) is 16.0. The van der Waals surface area contributed by atoms with Gasteiger partial charge in [-0.2, -0.15) is 0 Å². The highest BCUT2D eigenvalue weighted by Gasteiger charge is 2.38. The highest BCUT2D eigenvalue weighted by Crippen LogP contribution is 2.42. The number of nitrogens with one attached hydrogen (secondary N) is 1. The number of anilines is 2. The van der Waals surface area contributed by atoms with Crippen molar-refractivity contribution in [2.24, 2.45) is 0 Å². The second kappa shape index (κ2) is 10.9. The summed E-state index contributed by atoms with van der Waals surface area (Å²) in [6.45, 7) is 4.45. The maximum absolute atomic E-state index is 14.2. The molecule has 5 nitrogen and oxygen atoms in total. The summed E-state index contributed by atoms with van der Waals surface area (Å²) >= 11 is 6.10. The van der Waals surface area contributed by atoms with Crippen LogP contribution in [0.3, 0.4) is 0 Å². The number of rotatable bonds is 8. The van der Waals surface area contributed by atoms with E-state index in [1.54, 1.807) is 17.0 Å². The summed E-state index contributed by atoms with van der Waals surface area (Å²) in [6.07, 6.45) is -0.128. The van der Waals surface area contributed by atoms with Gasteiger partial charge in [-0.15, -0.1) is 0 Å². The molecule has 2 atom stereocenters. The van der Waals surface area contributed by atoms with E-state index in [0.717, 1.165) is 39.7 Å². The van der Waals surface area contributed by atoms with Gasteiger partial charge in [0.25, 0.3) is 0 Å². The van der Waals surface area contributed by atoms with Crippen LogP contribution in [-0.2, 0) is 11.2 Å². The SMILES string of the molecule is CCCN1C(O)=C(C(=O)C(Cc2ccc(Cl)cc2)Nc2ccc3ccccc3c2)C(O)c2c(C)cccc21. The number of hydrogen-bond acceptors (Lipinski definition) is 5. The topological polar surface area (TPSA) is 72.8 Å². The van der Waals surface area contributed by atoms with Gasteiger partial charge in [0.05, 0.1) is 17.3 Å². The Labute approximate surface area is 228 Å². The van der Waals surface area contributed by atoms with Crippen molar-refractivity contribution in [3.8, 4) is 0 Å². The van der Waals surface area contributed by atoms with E-state index in [4.69, 9.17) is 11.6 Å². The molecule has 0 saturated carbocycles. The molecule has 4 aromatic carbocycles. The molecule has 194 valence electrons. The van der Waals surface area contributed by atoms with Gasteiger partial charge in [0.2, 0.25) is 5.88 Å². The summed E-state index contributed by atoms with van der Waals surface area (Å²) in [5.41, 5.74) is 3.94. The maximum atomic E-state index is 14.2. The van der Waals surface area contributed by atoms with Crippen molar-refractivity contribution in [1.29, 1.82) is 0 Å². The minimum Gasteiger partial charge on any atom is -0.494 e. The number of aliphatic hydroxyl groups excluding tert-OH is 2. The molecule has 6 heteroatoms. The Morgan fingerprint density at radius 1 is 1.00 bits per heavy atom. The highest BCUT2D eigenvalue weighted by molar-refractivity contribution is 6.30. The van der Waals surface area contributed by atoms with Gasteiger partial charge in [-0.25, -0.2) is 0 Å². The fraction of sp³-hybridized carbons (Fsp3) is 0.219. The molecule has 2 unspecified atom stereocenters. The van der Waals surface area contributed by atoms with Crippen molar-refractivity contribution in [2.45, 2.75) is 38.8 Å². The van der Waals surface area contributed by atoms with Crippen molar-refractivity contribution in [1.82, 2.24) is 0 Å². The van der Waals surface area contributed by atoms with E-state index >= 15 is 0 Å². The number of benzene rings is 4. The third kappa shape index (κ3) is 5.00. The Kier molecular flexibility index (Phi) is 7.41. The smallest absolute Gasteiger partial charge is 0.201 e. The highest BCUT2D eigenvalue weighted by atomic mass is 35.5. The molecule has 4 aromatic rings. The Morgan fingerprint density at radius 2 is 1.74 bits per heavy atom. The number of fused-ring (bicyclic) bond motifs is 2. The van der Waals surface area contributed by atoms with E-state index in [-0.39, 0.29) is 17.2 Å². The molecule has 5 rings (SSSR count). The summed E-state index contributed by atoms with van der Waals surface area (Å²) < 4.78 is 0. The van der Waals surface area contributed by atoms with Gasteiger partial charge < -0.3 is 20.4 Å². The van der Waals surface area contributed by atoms with Gasteiger partial charge in [-0.05, 0) is 65.6 Å². The molecular formula is C32H31ClN2O3. The zero-order chi connectivity index (χ0) is 26.8. The van der Waals surface area contributed by atoms with Gasteiger partial charge in [0.15, 0.2) is 5.78 Å². The minimum atomic E-state index is -1.24. The molecule has 3 N–H and O–H groups in total. The van der Waals surface area contributed by atoms with Crippen LogP contribution in [0.5, 0.6) is 0 Å². The largest absolute Gasteiger partial charge is 0.494 e. The monoisotopic (exact) mass is 526 g/mol. The van der Waals surface area contributed by atoms with Crippen LogP contribution >= 0.6 is 11.6 Å². The number of carbonyl (C=O) groups excluding carboxylic acids is 1. The molecule has 0 radical (unpaired) electrons. The zero-order valence-corrected chi connectivity index (χ0v) is 22.2. The molecule has 0 fully saturated rings. The average Bonchev–Trinajstić information content (AvgIpc) is 2.91. The standard InChI is InChI=1S/C32H31ClN2O3/c1-3-17-35-27-10-6-7-20(2)28(27)31(37)29(32(35)38)30(36)26(18-21-11-14-24(33)15-12-21)34-25-16-13-22-8-4-5-9-23(22)19-25/h4-16,19,26,31,34,37-38H,3,17-18H2,1-2H3. The van der Waals surface area contributed by atoms with E-state index in [0.29, 0.717) is 23.6 Å². The van der Waals surface area contributed by atoms with Crippen LogP contribution in [0.1, 0.15) is 36.1 Å². The number of nitrogens with zero attached hydrogens (tertiary/aromatic N) is 1. The first-order valence-electron chi connectivity index (χ1n) is 12.9. The maximum Gasteiger partial charge on any atom is 0.201 e.